The Hall–Kier alpha value is -5.15. The Bertz CT molecular complexity index is 1740. The van der Waals surface area contributed by atoms with Crippen molar-refractivity contribution in [2.24, 2.45) is 5.10 Å². The zero-order chi connectivity index (χ0) is 31.9. The summed E-state index contributed by atoms with van der Waals surface area (Å²) in [5, 5.41) is 9.54. The molecular weight excluding hydrogens is 592 g/mol. The monoisotopic (exact) mass is 624 g/mol. The number of nitrogens with zero attached hydrogens (tertiary/aromatic N) is 3. The summed E-state index contributed by atoms with van der Waals surface area (Å²) in [4.78, 5) is 40.8. The molecule has 0 unspecified atom stereocenters. The van der Waals surface area contributed by atoms with Gasteiger partial charge in [-0.2, -0.15) is 5.10 Å². The maximum absolute atomic E-state index is 13.5. The van der Waals surface area contributed by atoms with Gasteiger partial charge in [-0.1, -0.05) is 17.7 Å². The van der Waals surface area contributed by atoms with Gasteiger partial charge in [0, 0.05) is 52.2 Å². The molecule has 1 N–H and O–H groups in total. The van der Waals surface area contributed by atoms with Gasteiger partial charge in [0.05, 0.1) is 19.4 Å². The summed E-state index contributed by atoms with van der Waals surface area (Å²) in [5.41, 5.74) is 4.06. The maximum atomic E-state index is 13.5. The fraction of sp³-hybridized carbons (Fsp3) is 0.200. The summed E-state index contributed by atoms with van der Waals surface area (Å²) in [6, 6.07) is 25.8. The molecule has 0 saturated heterocycles. The number of methoxy groups -OCH3 is 1. The zero-order valence-corrected chi connectivity index (χ0v) is 26.0. The van der Waals surface area contributed by atoms with Crippen LogP contribution in [0.15, 0.2) is 96.1 Å². The lowest BCUT2D eigenvalue weighted by atomic mass is 10.0. The van der Waals surface area contributed by atoms with Gasteiger partial charge in [-0.3, -0.25) is 14.4 Å². The molecule has 0 fully saturated rings. The number of hydrogen-bond acceptors (Lipinski definition) is 6. The lowest BCUT2D eigenvalue weighted by Gasteiger charge is -2.24. The van der Waals surface area contributed by atoms with E-state index in [0.717, 1.165) is 24.1 Å². The van der Waals surface area contributed by atoms with Gasteiger partial charge >= 0.3 is 0 Å². The molecule has 0 bridgehead atoms. The van der Waals surface area contributed by atoms with Crippen molar-refractivity contribution < 1.29 is 23.9 Å². The van der Waals surface area contributed by atoms with Crippen molar-refractivity contribution in [2.45, 2.75) is 19.8 Å². The van der Waals surface area contributed by atoms with E-state index in [4.69, 9.17) is 21.1 Å². The van der Waals surface area contributed by atoms with Gasteiger partial charge in [0.25, 0.3) is 17.7 Å². The molecule has 0 spiro atoms. The summed E-state index contributed by atoms with van der Waals surface area (Å²) < 4.78 is 11.1. The Morgan fingerprint density at radius 1 is 0.911 bits per heavy atom. The molecule has 1 aliphatic rings. The second-order valence-electron chi connectivity index (χ2n) is 10.3. The largest absolute Gasteiger partial charge is 0.493 e. The number of hydrogen-bond donors (Lipinski definition) is 1. The van der Waals surface area contributed by atoms with Crippen LogP contribution in [0.3, 0.4) is 0 Å². The molecular formula is C35H33ClN4O5. The Morgan fingerprint density at radius 2 is 1.64 bits per heavy atom. The Balaban J connectivity index is 1.26. The summed E-state index contributed by atoms with van der Waals surface area (Å²) in [5.74, 6) is 0.451. The van der Waals surface area contributed by atoms with Crippen LogP contribution in [0, 0.1) is 0 Å². The van der Waals surface area contributed by atoms with E-state index in [1.165, 1.54) is 9.91 Å². The molecule has 4 aromatic carbocycles. The second-order valence-corrected chi connectivity index (χ2v) is 10.8. The lowest BCUT2D eigenvalue weighted by molar-refractivity contribution is 0.0751. The first kappa shape index (κ1) is 31.3. The number of halogens is 1. The van der Waals surface area contributed by atoms with Crippen molar-refractivity contribution in [3.05, 3.63) is 118 Å². The molecule has 5 rings (SSSR count). The number of rotatable bonds is 9. The molecule has 1 aliphatic heterocycles. The van der Waals surface area contributed by atoms with Crippen molar-refractivity contribution in [3.8, 4) is 11.5 Å². The second kappa shape index (κ2) is 14.1. The van der Waals surface area contributed by atoms with Crippen LogP contribution in [-0.4, -0.2) is 55.8 Å². The van der Waals surface area contributed by atoms with E-state index < -0.39 is 0 Å². The third-order valence-corrected chi connectivity index (χ3v) is 7.59. The van der Waals surface area contributed by atoms with Gasteiger partial charge in [0.15, 0.2) is 11.5 Å². The van der Waals surface area contributed by atoms with Crippen LogP contribution in [0.5, 0.6) is 11.5 Å². The molecule has 0 atom stereocenters. The van der Waals surface area contributed by atoms with Crippen LogP contribution in [0.1, 0.15) is 56.4 Å². The number of carbonyl (C=O) groups is 3. The number of nitrogens with one attached hydrogen (secondary N) is 1. The van der Waals surface area contributed by atoms with E-state index in [1.807, 2.05) is 25.1 Å². The number of amides is 3. The summed E-state index contributed by atoms with van der Waals surface area (Å²) >= 11 is 5.93. The first-order valence-corrected chi connectivity index (χ1v) is 14.9. The molecule has 3 amide bonds. The van der Waals surface area contributed by atoms with Crippen LogP contribution < -0.4 is 19.7 Å². The van der Waals surface area contributed by atoms with Crippen LogP contribution in [0.4, 0.5) is 11.4 Å². The highest BCUT2D eigenvalue weighted by Gasteiger charge is 2.22. The highest BCUT2D eigenvalue weighted by atomic mass is 35.5. The van der Waals surface area contributed by atoms with Crippen LogP contribution in [0.25, 0.3) is 0 Å². The average Bonchev–Trinajstić information content (AvgIpc) is 3.08. The van der Waals surface area contributed by atoms with E-state index >= 15 is 0 Å². The zero-order valence-electron chi connectivity index (χ0n) is 25.2. The molecule has 4 aromatic rings. The first-order chi connectivity index (χ1) is 21.8. The highest BCUT2D eigenvalue weighted by molar-refractivity contribution is 6.30. The SMILES string of the molecule is CCOc1cc(C2=NN(C(=O)c3cccc(NC(=O)c4ccc(N(C)C(=O)c5ccc(Cl)cc5)cc4)c3)CCC2)ccc1OC. The van der Waals surface area contributed by atoms with Gasteiger partial charge in [-0.25, -0.2) is 5.01 Å². The van der Waals surface area contributed by atoms with E-state index in [0.29, 0.717) is 57.7 Å². The Labute approximate surface area is 267 Å². The van der Waals surface area contributed by atoms with E-state index in [1.54, 1.807) is 87.0 Å². The number of hydrazone groups is 1. The average molecular weight is 625 g/mol. The van der Waals surface area contributed by atoms with Gasteiger partial charge in [-0.05, 0) is 105 Å². The fourth-order valence-corrected chi connectivity index (χ4v) is 5.06. The molecule has 0 radical (unpaired) electrons. The van der Waals surface area contributed by atoms with Crippen LogP contribution >= 0.6 is 11.6 Å². The minimum Gasteiger partial charge on any atom is -0.493 e. The van der Waals surface area contributed by atoms with Gasteiger partial charge in [0.1, 0.15) is 0 Å². The number of ether oxygens (including phenoxy) is 2. The van der Waals surface area contributed by atoms with Crippen LogP contribution in [0.2, 0.25) is 5.02 Å². The standard InChI is InChI=1S/C35H33ClN4O5/c1-4-45-32-22-25(14-19-31(32)44-3)30-9-6-20-40(38-30)35(43)26-7-5-8-28(21-26)37-33(41)23-12-17-29(18-13-23)39(2)34(42)24-10-15-27(36)16-11-24/h5,7-8,10-19,21-22H,4,6,9,20H2,1-3H3,(H,37,41). The lowest BCUT2D eigenvalue weighted by Crippen LogP contribution is -2.32. The van der Waals surface area contributed by atoms with Gasteiger partial charge in [-0.15, -0.1) is 0 Å². The summed E-state index contributed by atoms with van der Waals surface area (Å²) in [7, 11) is 3.26. The molecule has 9 nitrogen and oxygen atoms in total. The first-order valence-electron chi connectivity index (χ1n) is 14.5. The van der Waals surface area contributed by atoms with Crippen molar-refractivity contribution in [3.63, 3.8) is 0 Å². The van der Waals surface area contributed by atoms with Gasteiger partial charge in [0.2, 0.25) is 0 Å². The number of anilines is 2. The molecule has 0 aliphatic carbocycles. The molecule has 230 valence electrons. The minimum absolute atomic E-state index is 0.199. The Kier molecular flexibility index (Phi) is 9.79. The minimum atomic E-state index is -0.347. The third-order valence-electron chi connectivity index (χ3n) is 7.34. The Morgan fingerprint density at radius 3 is 2.36 bits per heavy atom. The summed E-state index contributed by atoms with van der Waals surface area (Å²) in [6.07, 6.45) is 1.48. The molecule has 10 heteroatoms. The molecule has 1 heterocycles. The molecule has 0 saturated carbocycles. The molecule has 0 aromatic heterocycles. The number of benzene rings is 4. The maximum Gasteiger partial charge on any atom is 0.274 e. The van der Waals surface area contributed by atoms with Crippen LogP contribution in [-0.2, 0) is 0 Å². The smallest absolute Gasteiger partial charge is 0.274 e. The quantitative estimate of drug-likeness (QED) is 0.218. The highest BCUT2D eigenvalue weighted by Crippen LogP contribution is 2.30. The van der Waals surface area contributed by atoms with Crippen molar-refractivity contribution >= 4 is 46.4 Å². The van der Waals surface area contributed by atoms with E-state index in [9.17, 15) is 14.4 Å². The topological polar surface area (TPSA) is 101 Å². The summed E-state index contributed by atoms with van der Waals surface area (Å²) in [6.45, 7) is 2.89. The van der Waals surface area contributed by atoms with Crippen molar-refractivity contribution in [1.82, 2.24) is 5.01 Å². The van der Waals surface area contributed by atoms with Crippen molar-refractivity contribution in [1.29, 1.82) is 0 Å². The van der Waals surface area contributed by atoms with Gasteiger partial charge < -0.3 is 19.7 Å². The third kappa shape index (κ3) is 7.33. The number of carbonyl (C=O) groups excluding carboxylic acids is 3. The molecule has 45 heavy (non-hydrogen) atoms. The normalized spacial score (nSPS) is 12.6. The van der Waals surface area contributed by atoms with Crippen molar-refractivity contribution in [2.75, 3.05) is 37.5 Å². The fourth-order valence-electron chi connectivity index (χ4n) is 4.94. The predicted molar refractivity (Wildman–Crippen MR) is 176 cm³/mol. The van der Waals surface area contributed by atoms with E-state index in [-0.39, 0.29) is 17.7 Å². The van der Waals surface area contributed by atoms with E-state index in [2.05, 4.69) is 10.4 Å². The predicted octanol–water partition coefficient (Wildman–Crippen LogP) is 6.92.